The van der Waals surface area contributed by atoms with Gasteiger partial charge in [0.15, 0.2) is 0 Å². The number of carbonyl (C=O) groups is 2. The quantitative estimate of drug-likeness (QED) is 0.801. The molecule has 1 heterocycles. The normalized spacial score (nSPS) is 21.2. The van der Waals surface area contributed by atoms with Gasteiger partial charge in [-0.3, -0.25) is 20.0 Å². The van der Waals surface area contributed by atoms with Gasteiger partial charge < -0.3 is 0 Å². The van der Waals surface area contributed by atoms with Gasteiger partial charge in [0.2, 0.25) is 11.8 Å². The molecule has 1 aliphatic rings. The summed E-state index contributed by atoms with van der Waals surface area (Å²) in [4.78, 5) is 23.3. The Kier molecular flexibility index (Phi) is 6.01. The topological polar surface area (TPSA) is 49.4 Å². The molecule has 0 bridgehead atoms. The van der Waals surface area contributed by atoms with Gasteiger partial charge in [0.25, 0.3) is 0 Å². The van der Waals surface area contributed by atoms with E-state index in [9.17, 15) is 9.59 Å². The molecule has 0 aromatic carbocycles. The summed E-state index contributed by atoms with van der Waals surface area (Å²) >= 11 is 0. The van der Waals surface area contributed by atoms with Crippen molar-refractivity contribution in [3.05, 3.63) is 0 Å². The molecule has 0 aromatic rings. The van der Waals surface area contributed by atoms with Crippen LogP contribution < -0.4 is 5.43 Å². The van der Waals surface area contributed by atoms with Crippen LogP contribution in [0.1, 0.15) is 58.8 Å². The molecule has 4 heteroatoms. The number of hydrogen-bond acceptors (Lipinski definition) is 2. The van der Waals surface area contributed by atoms with Crippen LogP contribution in [0.4, 0.5) is 0 Å². The van der Waals surface area contributed by atoms with Gasteiger partial charge in [0.1, 0.15) is 0 Å². The van der Waals surface area contributed by atoms with Gasteiger partial charge in [-0.2, -0.15) is 0 Å². The molecule has 17 heavy (non-hydrogen) atoms. The Labute approximate surface area is 104 Å². The number of hydrogen-bond donors (Lipinski definition) is 1. The second-order valence-electron chi connectivity index (χ2n) is 4.84. The number of carbonyl (C=O) groups excluding carboxylic acids is 2. The zero-order valence-electron chi connectivity index (χ0n) is 11.0. The van der Waals surface area contributed by atoms with Crippen LogP contribution in [0.25, 0.3) is 0 Å². The van der Waals surface area contributed by atoms with E-state index in [2.05, 4.69) is 12.3 Å². The van der Waals surface area contributed by atoms with Crippen molar-refractivity contribution >= 4 is 11.8 Å². The molecule has 1 atom stereocenters. The van der Waals surface area contributed by atoms with E-state index >= 15 is 0 Å². The third-order valence-corrected chi connectivity index (χ3v) is 3.18. The first-order valence-electron chi connectivity index (χ1n) is 6.77. The molecular formula is C13H24N2O2. The molecule has 1 fully saturated rings. The number of hydrazine groups is 1. The van der Waals surface area contributed by atoms with E-state index in [-0.39, 0.29) is 11.8 Å². The Morgan fingerprint density at radius 3 is 2.82 bits per heavy atom. The molecule has 1 N–H and O–H groups in total. The van der Waals surface area contributed by atoms with Crippen LogP contribution in [0.3, 0.4) is 0 Å². The first-order chi connectivity index (χ1) is 8.17. The largest absolute Gasteiger partial charge is 0.273 e. The van der Waals surface area contributed by atoms with E-state index in [4.69, 9.17) is 0 Å². The smallest absolute Gasteiger partial charge is 0.240 e. The van der Waals surface area contributed by atoms with Crippen molar-refractivity contribution < 1.29 is 9.59 Å². The minimum atomic E-state index is -0.0435. The van der Waals surface area contributed by atoms with E-state index in [1.807, 2.05) is 6.92 Å². The van der Waals surface area contributed by atoms with Crippen molar-refractivity contribution in [2.75, 3.05) is 6.54 Å². The summed E-state index contributed by atoms with van der Waals surface area (Å²) in [5, 5.41) is 1.55. The van der Waals surface area contributed by atoms with E-state index in [1.54, 1.807) is 5.01 Å². The van der Waals surface area contributed by atoms with Gasteiger partial charge in [-0.05, 0) is 31.6 Å². The van der Waals surface area contributed by atoms with Gasteiger partial charge in [-0.15, -0.1) is 0 Å². The molecule has 0 radical (unpaired) electrons. The fraction of sp³-hybridized carbons (Fsp3) is 0.846. The van der Waals surface area contributed by atoms with Crippen LogP contribution in [0.15, 0.2) is 0 Å². The second-order valence-corrected chi connectivity index (χ2v) is 4.84. The maximum atomic E-state index is 11.8. The van der Waals surface area contributed by atoms with Crippen LogP contribution >= 0.6 is 0 Å². The highest BCUT2D eigenvalue weighted by atomic mass is 16.2. The van der Waals surface area contributed by atoms with Crippen molar-refractivity contribution in [2.24, 2.45) is 5.92 Å². The fourth-order valence-electron chi connectivity index (χ4n) is 2.31. The molecular weight excluding hydrogens is 216 g/mol. The van der Waals surface area contributed by atoms with Crippen molar-refractivity contribution in [2.45, 2.75) is 58.8 Å². The summed E-state index contributed by atoms with van der Waals surface area (Å²) < 4.78 is 0. The Morgan fingerprint density at radius 2 is 2.18 bits per heavy atom. The molecule has 1 unspecified atom stereocenters. The minimum Gasteiger partial charge on any atom is -0.273 e. The average molecular weight is 240 g/mol. The Bertz CT molecular complexity index is 266. The first kappa shape index (κ1) is 14.0. The lowest BCUT2D eigenvalue weighted by molar-refractivity contribution is -0.141. The second kappa shape index (κ2) is 7.30. The maximum Gasteiger partial charge on any atom is 0.240 e. The van der Waals surface area contributed by atoms with Gasteiger partial charge in [-0.25, -0.2) is 0 Å². The van der Waals surface area contributed by atoms with Gasteiger partial charge in [0.05, 0.1) is 0 Å². The summed E-state index contributed by atoms with van der Waals surface area (Å²) in [6.45, 7) is 4.80. The van der Waals surface area contributed by atoms with Gasteiger partial charge in [0, 0.05) is 19.4 Å². The fourth-order valence-corrected chi connectivity index (χ4v) is 2.31. The van der Waals surface area contributed by atoms with E-state index < -0.39 is 0 Å². The first-order valence-corrected chi connectivity index (χ1v) is 6.77. The predicted octanol–water partition coefficient (Wildman–Crippen LogP) is 2.25. The van der Waals surface area contributed by atoms with Crippen molar-refractivity contribution in [1.29, 1.82) is 0 Å². The molecule has 4 nitrogen and oxygen atoms in total. The van der Waals surface area contributed by atoms with Crippen LogP contribution in [0.5, 0.6) is 0 Å². The minimum absolute atomic E-state index is 0.0435. The monoisotopic (exact) mass is 240 g/mol. The third-order valence-electron chi connectivity index (χ3n) is 3.18. The standard InChI is InChI=1S/C13H24N2O2/c1-3-6-11-8-5-9-13(17)15(10-11)14-12(16)7-4-2/h11H,3-10H2,1-2H3,(H,14,16). The zero-order valence-corrected chi connectivity index (χ0v) is 11.0. The number of nitrogens with one attached hydrogen (secondary N) is 1. The Morgan fingerprint density at radius 1 is 1.41 bits per heavy atom. The van der Waals surface area contributed by atoms with Crippen LogP contribution in [0.2, 0.25) is 0 Å². The number of rotatable bonds is 5. The zero-order chi connectivity index (χ0) is 12.7. The molecule has 0 aliphatic carbocycles. The number of nitrogens with zero attached hydrogens (tertiary/aromatic N) is 1. The Hall–Kier alpha value is -1.06. The van der Waals surface area contributed by atoms with Crippen LogP contribution in [0, 0.1) is 5.92 Å². The predicted molar refractivity (Wildman–Crippen MR) is 67.0 cm³/mol. The summed E-state index contributed by atoms with van der Waals surface area (Å²) in [7, 11) is 0. The van der Waals surface area contributed by atoms with Crippen LogP contribution in [-0.2, 0) is 9.59 Å². The highest BCUT2D eigenvalue weighted by molar-refractivity contribution is 5.82. The third kappa shape index (κ3) is 4.75. The number of amides is 2. The molecule has 98 valence electrons. The molecule has 2 amide bonds. The summed E-state index contributed by atoms with van der Waals surface area (Å²) in [6.07, 6.45) is 6.17. The summed E-state index contributed by atoms with van der Waals surface area (Å²) in [6, 6.07) is 0. The summed E-state index contributed by atoms with van der Waals surface area (Å²) in [5.74, 6) is 0.555. The lowest BCUT2D eigenvalue weighted by Gasteiger charge is -2.24. The summed E-state index contributed by atoms with van der Waals surface area (Å²) in [5.41, 5.74) is 2.74. The van der Waals surface area contributed by atoms with Crippen LogP contribution in [-0.4, -0.2) is 23.4 Å². The maximum absolute atomic E-state index is 11.8. The molecule has 1 aliphatic heterocycles. The lowest BCUT2D eigenvalue weighted by Crippen LogP contribution is -2.47. The molecule has 1 rings (SSSR count). The molecule has 1 saturated heterocycles. The van der Waals surface area contributed by atoms with Crippen molar-refractivity contribution in [3.8, 4) is 0 Å². The molecule has 0 saturated carbocycles. The van der Waals surface area contributed by atoms with E-state index in [0.29, 0.717) is 25.3 Å². The SMILES string of the molecule is CCCC(=O)NN1CC(CCC)CCCC1=O. The van der Waals surface area contributed by atoms with Crippen molar-refractivity contribution in [1.82, 2.24) is 10.4 Å². The van der Waals surface area contributed by atoms with E-state index in [1.165, 1.54) is 0 Å². The highest BCUT2D eigenvalue weighted by Gasteiger charge is 2.23. The highest BCUT2D eigenvalue weighted by Crippen LogP contribution is 2.20. The van der Waals surface area contributed by atoms with Gasteiger partial charge in [-0.1, -0.05) is 20.3 Å². The van der Waals surface area contributed by atoms with Crippen molar-refractivity contribution in [3.63, 3.8) is 0 Å². The molecule has 0 aromatic heterocycles. The molecule has 0 spiro atoms. The lowest BCUT2D eigenvalue weighted by atomic mass is 9.98. The van der Waals surface area contributed by atoms with E-state index in [0.717, 1.165) is 32.1 Å². The average Bonchev–Trinajstić information content (AvgIpc) is 2.43. The van der Waals surface area contributed by atoms with Gasteiger partial charge >= 0.3 is 0 Å². The Balaban J connectivity index is 2.53.